The number of hydrogen-bond donors (Lipinski definition) is 2. The number of benzene rings is 1. The second-order valence-electron chi connectivity index (χ2n) is 5.36. The number of aliphatic carboxylic acids is 1. The van der Waals surface area contributed by atoms with E-state index in [1.54, 1.807) is 20.8 Å². The molecule has 106 valence electrons. The van der Waals surface area contributed by atoms with Crippen molar-refractivity contribution in [3.63, 3.8) is 0 Å². The third kappa shape index (κ3) is 4.15. The molecule has 19 heavy (non-hydrogen) atoms. The first-order chi connectivity index (χ1) is 8.51. The molecular formula is C13H16F3NO2. The number of halogens is 3. The number of rotatable bonds is 3. The summed E-state index contributed by atoms with van der Waals surface area (Å²) in [5.74, 6) is -1.05. The molecular weight excluding hydrogens is 259 g/mol. The second kappa shape index (κ2) is 5.11. The van der Waals surface area contributed by atoms with Gasteiger partial charge in [0.15, 0.2) is 0 Å². The van der Waals surface area contributed by atoms with Gasteiger partial charge in [0.1, 0.15) is 6.04 Å². The number of carboxylic acids is 1. The lowest BCUT2D eigenvalue weighted by Gasteiger charge is -2.28. The van der Waals surface area contributed by atoms with Gasteiger partial charge in [0.2, 0.25) is 0 Å². The molecule has 0 aliphatic carbocycles. The first kappa shape index (κ1) is 15.3. The number of carboxylic acid groups (broad SMARTS) is 1. The molecule has 0 aromatic heterocycles. The maximum atomic E-state index is 12.4. The summed E-state index contributed by atoms with van der Waals surface area (Å²) in [7, 11) is 0. The molecule has 0 radical (unpaired) electrons. The molecule has 0 unspecified atom stereocenters. The van der Waals surface area contributed by atoms with Crippen molar-refractivity contribution in [3.05, 3.63) is 29.8 Å². The summed E-state index contributed by atoms with van der Waals surface area (Å²) in [6, 6.07) is 3.41. The molecule has 0 fully saturated rings. The predicted molar refractivity (Wildman–Crippen MR) is 65.9 cm³/mol. The van der Waals surface area contributed by atoms with E-state index < -0.39 is 29.2 Å². The van der Waals surface area contributed by atoms with Gasteiger partial charge in [-0.15, -0.1) is 0 Å². The first-order valence-corrected chi connectivity index (χ1v) is 5.68. The molecule has 1 aromatic carbocycles. The molecule has 0 amide bonds. The Kier molecular flexibility index (Phi) is 4.12. The maximum absolute atomic E-state index is 12.4. The van der Waals surface area contributed by atoms with Gasteiger partial charge in [-0.3, -0.25) is 0 Å². The van der Waals surface area contributed by atoms with Crippen LogP contribution in [0.1, 0.15) is 26.3 Å². The van der Waals surface area contributed by atoms with Gasteiger partial charge in [-0.05, 0) is 29.7 Å². The lowest BCUT2D eigenvalue weighted by Crippen LogP contribution is -2.41. The fraction of sp³-hybridized carbons (Fsp3) is 0.462. The van der Waals surface area contributed by atoms with Crippen LogP contribution in [0.25, 0.3) is 0 Å². The number of nitrogens with one attached hydrogen (secondary N) is 1. The van der Waals surface area contributed by atoms with E-state index in [1.807, 2.05) is 0 Å². The number of anilines is 1. The summed E-state index contributed by atoms with van der Waals surface area (Å²) in [5.41, 5.74) is -0.981. The Labute approximate surface area is 109 Å². The smallest absolute Gasteiger partial charge is 0.416 e. The summed E-state index contributed by atoms with van der Waals surface area (Å²) in [4.78, 5) is 11.1. The van der Waals surface area contributed by atoms with Gasteiger partial charge in [0.05, 0.1) is 5.56 Å². The van der Waals surface area contributed by atoms with Crippen LogP contribution in [0.15, 0.2) is 24.3 Å². The molecule has 2 N–H and O–H groups in total. The first-order valence-electron chi connectivity index (χ1n) is 5.68. The Morgan fingerprint density at radius 3 is 1.95 bits per heavy atom. The molecule has 0 heterocycles. The van der Waals surface area contributed by atoms with E-state index in [-0.39, 0.29) is 0 Å². The standard InChI is InChI=1S/C13H16F3NO2/c1-12(2,3)10(11(18)19)17-9-6-4-8(5-7-9)13(14,15)16/h4-7,10,17H,1-3H3,(H,18,19)/t10-/m1/s1. The minimum atomic E-state index is -4.39. The fourth-order valence-electron chi connectivity index (χ4n) is 1.57. The zero-order valence-electron chi connectivity index (χ0n) is 10.9. The van der Waals surface area contributed by atoms with Crippen LogP contribution in [0.4, 0.5) is 18.9 Å². The highest BCUT2D eigenvalue weighted by Crippen LogP contribution is 2.30. The van der Waals surface area contributed by atoms with Crippen molar-refractivity contribution in [2.24, 2.45) is 5.41 Å². The van der Waals surface area contributed by atoms with Crippen LogP contribution < -0.4 is 5.32 Å². The SMILES string of the molecule is CC(C)(C)[C@H](Nc1ccc(C(F)(F)F)cc1)C(=O)O. The summed E-state index contributed by atoms with van der Waals surface area (Å²) >= 11 is 0. The minimum absolute atomic E-state index is 0.343. The molecule has 0 saturated heterocycles. The van der Waals surface area contributed by atoms with E-state index in [1.165, 1.54) is 12.1 Å². The Hall–Kier alpha value is -1.72. The summed E-state index contributed by atoms with van der Waals surface area (Å²) in [6.45, 7) is 5.22. The van der Waals surface area contributed by atoms with Crippen LogP contribution in [-0.4, -0.2) is 17.1 Å². The van der Waals surface area contributed by atoms with Crippen molar-refractivity contribution >= 4 is 11.7 Å². The number of carbonyl (C=O) groups is 1. The highest BCUT2D eigenvalue weighted by molar-refractivity contribution is 5.78. The summed E-state index contributed by atoms with van der Waals surface area (Å²) in [6.07, 6.45) is -4.39. The second-order valence-corrected chi connectivity index (χ2v) is 5.36. The molecule has 0 bridgehead atoms. The number of alkyl halides is 3. The van der Waals surface area contributed by atoms with Gasteiger partial charge in [-0.2, -0.15) is 13.2 Å². The van der Waals surface area contributed by atoms with E-state index in [0.717, 1.165) is 12.1 Å². The molecule has 1 rings (SSSR count). The van der Waals surface area contributed by atoms with Crippen molar-refractivity contribution < 1.29 is 23.1 Å². The van der Waals surface area contributed by atoms with Crippen molar-refractivity contribution in [1.29, 1.82) is 0 Å². The molecule has 1 atom stereocenters. The molecule has 0 spiro atoms. The topological polar surface area (TPSA) is 49.3 Å². The normalized spacial score (nSPS) is 14.0. The zero-order chi connectivity index (χ0) is 14.8. The maximum Gasteiger partial charge on any atom is 0.416 e. The molecule has 6 heteroatoms. The summed E-state index contributed by atoms with van der Waals surface area (Å²) in [5, 5.41) is 11.8. The number of hydrogen-bond acceptors (Lipinski definition) is 2. The summed E-state index contributed by atoms with van der Waals surface area (Å²) < 4.78 is 37.2. The average molecular weight is 275 g/mol. The predicted octanol–water partition coefficient (Wildman–Crippen LogP) is 3.62. The fourth-order valence-corrected chi connectivity index (χ4v) is 1.57. The van der Waals surface area contributed by atoms with Gasteiger partial charge in [-0.25, -0.2) is 4.79 Å². The van der Waals surface area contributed by atoms with Gasteiger partial charge in [0.25, 0.3) is 0 Å². The largest absolute Gasteiger partial charge is 0.480 e. The van der Waals surface area contributed by atoms with Gasteiger partial charge in [-0.1, -0.05) is 20.8 Å². The molecule has 0 saturated carbocycles. The highest BCUT2D eigenvalue weighted by atomic mass is 19.4. The highest BCUT2D eigenvalue weighted by Gasteiger charge is 2.32. The van der Waals surface area contributed by atoms with Crippen LogP contribution in [-0.2, 0) is 11.0 Å². The van der Waals surface area contributed by atoms with Crippen LogP contribution in [0.5, 0.6) is 0 Å². The molecule has 3 nitrogen and oxygen atoms in total. The van der Waals surface area contributed by atoms with Gasteiger partial charge in [0, 0.05) is 5.69 Å². The Bertz CT molecular complexity index is 446. The minimum Gasteiger partial charge on any atom is -0.480 e. The van der Waals surface area contributed by atoms with E-state index in [4.69, 9.17) is 5.11 Å². The third-order valence-corrected chi connectivity index (χ3v) is 2.64. The van der Waals surface area contributed by atoms with Crippen molar-refractivity contribution in [3.8, 4) is 0 Å². The van der Waals surface area contributed by atoms with Crippen LogP contribution in [0, 0.1) is 5.41 Å². The zero-order valence-corrected chi connectivity index (χ0v) is 10.9. The molecule has 1 aromatic rings. The van der Waals surface area contributed by atoms with Crippen molar-refractivity contribution in [2.75, 3.05) is 5.32 Å². The van der Waals surface area contributed by atoms with Gasteiger partial charge >= 0.3 is 12.1 Å². The van der Waals surface area contributed by atoms with Crippen LogP contribution >= 0.6 is 0 Å². The average Bonchev–Trinajstić information content (AvgIpc) is 2.23. The molecule has 0 aliphatic rings. The van der Waals surface area contributed by atoms with E-state index in [2.05, 4.69) is 5.32 Å². The van der Waals surface area contributed by atoms with E-state index in [0.29, 0.717) is 5.69 Å². The van der Waals surface area contributed by atoms with Crippen LogP contribution in [0.3, 0.4) is 0 Å². The Balaban J connectivity index is 2.91. The van der Waals surface area contributed by atoms with Crippen LogP contribution in [0.2, 0.25) is 0 Å². The quantitative estimate of drug-likeness (QED) is 0.885. The Morgan fingerprint density at radius 1 is 1.16 bits per heavy atom. The van der Waals surface area contributed by atoms with E-state index >= 15 is 0 Å². The molecule has 0 aliphatic heterocycles. The van der Waals surface area contributed by atoms with Gasteiger partial charge < -0.3 is 10.4 Å². The Morgan fingerprint density at radius 2 is 1.63 bits per heavy atom. The lowest BCUT2D eigenvalue weighted by atomic mass is 9.86. The van der Waals surface area contributed by atoms with Crippen molar-refractivity contribution in [2.45, 2.75) is 33.0 Å². The monoisotopic (exact) mass is 275 g/mol. The lowest BCUT2D eigenvalue weighted by molar-refractivity contribution is -0.140. The van der Waals surface area contributed by atoms with Crippen molar-refractivity contribution in [1.82, 2.24) is 0 Å². The van der Waals surface area contributed by atoms with E-state index in [9.17, 15) is 18.0 Å². The third-order valence-electron chi connectivity index (χ3n) is 2.64.